The van der Waals surface area contributed by atoms with Crippen molar-refractivity contribution in [3.63, 3.8) is 0 Å². The van der Waals surface area contributed by atoms with Gasteiger partial charge in [0.1, 0.15) is 30.2 Å². The average Bonchev–Trinajstić information content (AvgIpc) is 3.26. The van der Waals surface area contributed by atoms with Crippen LogP contribution >= 0.6 is 0 Å². The molecule has 3 aliphatic heterocycles. The molecule has 1 unspecified atom stereocenters. The van der Waals surface area contributed by atoms with Gasteiger partial charge in [-0.3, -0.25) is 9.69 Å². The number of ether oxygens (including phenoxy) is 2. The Balaban J connectivity index is 1.22. The lowest BCUT2D eigenvalue weighted by atomic mass is 9.79. The highest BCUT2D eigenvalue weighted by Crippen LogP contribution is 2.42. The van der Waals surface area contributed by atoms with E-state index in [4.69, 9.17) is 25.9 Å². The second-order valence-electron chi connectivity index (χ2n) is 15.3. The third-order valence-corrected chi connectivity index (χ3v) is 11.6. The Hall–Kier alpha value is -4.27. The van der Waals surface area contributed by atoms with Gasteiger partial charge < -0.3 is 24.8 Å². The fraction of sp³-hybridized carbons (Fsp3) is 0.537. The number of hydrogen-bond donors (Lipinski definition) is 2. The van der Waals surface area contributed by atoms with Gasteiger partial charge in [-0.15, -0.1) is 6.42 Å². The quantitative estimate of drug-likeness (QED) is 0.206. The van der Waals surface area contributed by atoms with Crippen molar-refractivity contribution < 1.29 is 28.2 Å². The zero-order valence-corrected chi connectivity index (χ0v) is 30.0. The fourth-order valence-corrected chi connectivity index (χ4v) is 8.83. The van der Waals surface area contributed by atoms with Crippen LogP contribution in [-0.2, 0) is 22.4 Å². The van der Waals surface area contributed by atoms with E-state index < -0.39 is 17.5 Å². The van der Waals surface area contributed by atoms with E-state index in [1.54, 1.807) is 18.2 Å². The van der Waals surface area contributed by atoms with E-state index in [1.165, 1.54) is 12.1 Å². The van der Waals surface area contributed by atoms with Crippen molar-refractivity contribution in [3.8, 4) is 24.1 Å². The maximum absolute atomic E-state index is 15.0. The highest BCUT2D eigenvalue weighted by Gasteiger charge is 2.44. The average molecular weight is 714 g/mol. The van der Waals surface area contributed by atoms with E-state index >= 15 is 8.78 Å². The summed E-state index contributed by atoms with van der Waals surface area (Å²) in [7, 11) is 0. The highest BCUT2D eigenvalue weighted by molar-refractivity contribution is 5.93. The molecule has 4 atom stereocenters. The molecule has 2 aromatic carbocycles. The lowest BCUT2D eigenvalue weighted by Gasteiger charge is -2.37. The molecule has 3 fully saturated rings. The van der Waals surface area contributed by atoms with Crippen molar-refractivity contribution in [2.45, 2.75) is 88.4 Å². The summed E-state index contributed by atoms with van der Waals surface area (Å²) in [6.07, 6.45) is 13.1. The van der Waals surface area contributed by atoms with E-state index in [0.29, 0.717) is 55.5 Å². The van der Waals surface area contributed by atoms with Crippen LogP contribution in [0, 0.1) is 24.1 Å². The number of aromatic hydroxyl groups is 1. The van der Waals surface area contributed by atoms with Gasteiger partial charge in [-0.05, 0) is 105 Å². The van der Waals surface area contributed by atoms with Crippen molar-refractivity contribution >= 4 is 22.5 Å². The molecule has 3 saturated heterocycles. The number of alkyl halides is 1. The number of fused-ring (bicyclic) bond motifs is 2. The Morgan fingerprint density at radius 3 is 2.83 bits per heavy atom. The van der Waals surface area contributed by atoms with Crippen LogP contribution in [0.3, 0.4) is 0 Å². The summed E-state index contributed by atoms with van der Waals surface area (Å²) >= 11 is 0. The maximum Gasteiger partial charge on any atom is 0.318 e. The molecule has 0 bridgehead atoms. The number of halogens is 2. The van der Waals surface area contributed by atoms with Crippen LogP contribution in [-0.4, -0.2) is 89.6 Å². The Morgan fingerprint density at radius 1 is 1.21 bits per heavy atom. The van der Waals surface area contributed by atoms with Gasteiger partial charge in [-0.1, -0.05) is 18.6 Å². The maximum atomic E-state index is 15.0. The summed E-state index contributed by atoms with van der Waals surface area (Å²) in [5, 5.41) is 15.1. The van der Waals surface area contributed by atoms with E-state index in [2.05, 4.69) is 34.5 Å². The molecule has 52 heavy (non-hydrogen) atoms. The fourth-order valence-electron chi connectivity index (χ4n) is 8.83. The van der Waals surface area contributed by atoms with Crippen LogP contribution in [0.1, 0.15) is 80.2 Å². The molecular formula is C41H49F2N5O4. The SMILES string of the molecule is C#Cc1c(F)ccc2cc(O)cc([C@@H]3CCc4c(nc(OC[C@]5(C)C[C@@H](F)CN5CC5CCOCC5)nc4N4CCCCC(NC(=O)C=C)C4)C3)c12. The molecule has 1 amide bonds. The summed E-state index contributed by atoms with van der Waals surface area (Å²) in [6.45, 7) is 9.91. The number of carbonyl (C=O) groups excluding carboxylic acids is 1. The number of rotatable bonds is 9. The van der Waals surface area contributed by atoms with Gasteiger partial charge in [0.05, 0.1) is 16.8 Å². The number of carbonyl (C=O) groups is 1. The number of phenols is 1. The number of aromatic nitrogens is 2. The summed E-state index contributed by atoms with van der Waals surface area (Å²) < 4.78 is 42.1. The first kappa shape index (κ1) is 36.1. The first-order valence-corrected chi connectivity index (χ1v) is 18.7. The van der Waals surface area contributed by atoms with Gasteiger partial charge in [0.25, 0.3) is 0 Å². The molecule has 11 heteroatoms. The molecule has 1 aliphatic carbocycles. The largest absolute Gasteiger partial charge is 0.508 e. The van der Waals surface area contributed by atoms with Crippen LogP contribution < -0.4 is 15.0 Å². The predicted molar refractivity (Wildman–Crippen MR) is 197 cm³/mol. The van der Waals surface area contributed by atoms with Gasteiger partial charge in [-0.25, -0.2) is 8.78 Å². The number of nitrogens with zero attached hydrogens (tertiary/aromatic N) is 4. The molecule has 4 heterocycles. The number of likely N-dealkylation sites (tertiary alicyclic amines) is 1. The van der Waals surface area contributed by atoms with Crippen LogP contribution in [0.2, 0.25) is 0 Å². The molecule has 0 radical (unpaired) electrons. The van der Waals surface area contributed by atoms with E-state index in [-0.39, 0.29) is 41.8 Å². The van der Waals surface area contributed by atoms with E-state index in [1.807, 2.05) is 0 Å². The topological polar surface area (TPSA) is 100 Å². The summed E-state index contributed by atoms with van der Waals surface area (Å²) in [4.78, 5) is 26.8. The summed E-state index contributed by atoms with van der Waals surface area (Å²) in [5.41, 5.74) is 2.28. The van der Waals surface area contributed by atoms with Crippen molar-refractivity contribution in [3.05, 3.63) is 65.1 Å². The molecular weight excluding hydrogens is 664 g/mol. The minimum atomic E-state index is -0.941. The van der Waals surface area contributed by atoms with Gasteiger partial charge >= 0.3 is 6.01 Å². The number of phenolic OH excluding ortho intramolecular Hbond substituents is 1. The Kier molecular flexibility index (Phi) is 10.7. The molecule has 0 spiro atoms. The van der Waals surface area contributed by atoms with Crippen molar-refractivity contribution in [2.75, 3.05) is 50.9 Å². The minimum absolute atomic E-state index is 0.0762. The molecule has 0 saturated carbocycles. The number of nitrogens with one attached hydrogen (secondary N) is 1. The highest BCUT2D eigenvalue weighted by atomic mass is 19.1. The second-order valence-corrected chi connectivity index (χ2v) is 15.3. The zero-order valence-electron chi connectivity index (χ0n) is 30.0. The predicted octanol–water partition coefficient (Wildman–Crippen LogP) is 6.00. The number of amides is 1. The van der Waals surface area contributed by atoms with Crippen LogP contribution in [0.5, 0.6) is 11.8 Å². The van der Waals surface area contributed by atoms with Crippen molar-refractivity contribution in [2.24, 2.45) is 5.92 Å². The van der Waals surface area contributed by atoms with Gasteiger partial charge in [0.15, 0.2) is 0 Å². The van der Waals surface area contributed by atoms with Gasteiger partial charge in [0, 0.05) is 62.8 Å². The second kappa shape index (κ2) is 15.4. The number of benzene rings is 2. The molecule has 7 rings (SSSR count). The normalized spacial score (nSPS) is 25.7. The number of hydrogen-bond acceptors (Lipinski definition) is 8. The number of terminal acetylenes is 1. The summed E-state index contributed by atoms with van der Waals surface area (Å²) in [6, 6.07) is 6.45. The summed E-state index contributed by atoms with van der Waals surface area (Å²) in [5.74, 6) is 3.09. The van der Waals surface area contributed by atoms with Crippen LogP contribution in [0.4, 0.5) is 14.6 Å². The Morgan fingerprint density at radius 2 is 2.04 bits per heavy atom. The smallest absolute Gasteiger partial charge is 0.318 e. The first-order valence-electron chi connectivity index (χ1n) is 18.7. The van der Waals surface area contributed by atoms with Gasteiger partial charge in [0.2, 0.25) is 5.91 Å². The third-order valence-electron chi connectivity index (χ3n) is 11.6. The van der Waals surface area contributed by atoms with Crippen molar-refractivity contribution in [1.29, 1.82) is 0 Å². The van der Waals surface area contributed by atoms with Crippen LogP contribution in [0.25, 0.3) is 10.8 Å². The van der Waals surface area contributed by atoms with Crippen molar-refractivity contribution in [1.82, 2.24) is 20.2 Å². The third kappa shape index (κ3) is 7.60. The Labute approximate surface area is 304 Å². The standard InChI is InChI=1S/C41H49F2N5O4/c1-4-32-35(43)12-10-28-18-31(49)20-34(38(28)32)27-9-11-33-36(19-27)45-40(46-39(33)47-15-7-6-8-30(24-47)44-37(50)5-2)52-25-41(3)21-29(42)23-48(41)22-26-13-16-51-17-14-26/h1,5,10,12,18,20,26-27,29-30,49H,2,6-9,11,13-17,19,21-25H2,3H3,(H,44,50)/t27-,29-,30?,41+/m1/s1. The van der Waals surface area contributed by atoms with E-state index in [9.17, 15) is 9.90 Å². The molecule has 3 aromatic rings. The van der Waals surface area contributed by atoms with Gasteiger partial charge in [-0.2, -0.15) is 9.97 Å². The monoisotopic (exact) mass is 713 g/mol. The zero-order chi connectivity index (χ0) is 36.4. The molecule has 2 N–H and O–H groups in total. The molecule has 4 aliphatic rings. The first-order chi connectivity index (χ1) is 25.1. The molecule has 9 nitrogen and oxygen atoms in total. The lowest BCUT2D eigenvalue weighted by molar-refractivity contribution is -0.117. The molecule has 276 valence electrons. The van der Waals surface area contributed by atoms with Crippen LogP contribution in [0.15, 0.2) is 36.9 Å². The lowest BCUT2D eigenvalue weighted by Crippen LogP contribution is -2.48. The Bertz CT molecular complexity index is 1860. The minimum Gasteiger partial charge on any atom is -0.508 e. The van der Waals surface area contributed by atoms with E-state index in [0.717, 1.165) is 81.0 Å². The number of anilines is 1. The molecule has 1 aromatic heterocycles.